The van der Waals surface area contributed by atoms with Crippen LogP contribution in [0.25, 0.3) is 0 Å². The van der Waals surface area contributed by atoms with Crippen LogP contribution in [0, 0.1) is 10.1 Å². The summed E-state index contributed by atoms with van der Waals surface area (Å²) in [7, 11) is 0. The topological polar surface area (TPSA) is 89.7 Å². The average molecular weight is 279 g/mol. The summed E-state index contributed by atoms with van der Waals surface area (Å²) in [5.41, 5.74) is -0.390. The second-order valence-corrected chi connectivity index (χ2v) is 4.98. The lowest BCUT2D eigenvalue weighted by Gasteiger charge is -2.16. The lowest BCUT2D eigenvalue weighted by atomic mass is 10.1. The van der Waals surface area contributed by atoms with Crippen molar-refractivity contribution in [1.82, 2.24) is 0 Å². The van der Waals surface area contributed by atoms with E-state index in [2.05, 4.69) is 0 Å². The Bertz CT molecular complexity index is 506. The SMILES string of the molecule is O=C(O)c1ccc(OC2CCCCCC2)c([N+](=O)[O-])c1. The molecule has 0 aliphatic heterocycles. The summed E-state index contributed by atoms with van der Waals surface area (Å²) in [6.07, 6.45) is 6.21. The van der Waals surface area contributed by atoms with Gasteiger partial charge in [0.2, 0.25) is 0 Å². The first-order valence-electron chi connectivity index (χ1n) is 6.76. The highest BCUT2D eigenvalue weighted by atomic mass is 16.6. The fourth-order valence-corrected chi connectivity index (χ4v) is 2.43. The van der Waals surface area contributed by atoms with Gasteiger partial charge in [-0.1, -0.05) is 12.8 Å². The Morgan fingerprint density at radius 3 is 2.45 bits per heavy atom. The monoisotopic (exact) mass is 279 g/mol. The lowest BCUT2D eigenvalue weighted by Crippen LogP contribution is -2.16. The van der Waals surface area contributed by atoms with E-state index in [1.54, 1.807) is 0 Å². The standard InChI is InChI=1S/C14H17NO5/c16-14(17)10-7-8-13(12(9-10)15(18)19)20-11-5-3-1-2-4-6-11/h7-9,11H,1-6H2,(H,16,17). The number of aromatic carboxylic acids is 1. The van der Waals surface area contributed by atoms with E-state index >= 15 is 0 Å². The van der Waals surface area contributed by atoms with Gasteiger partial charge in [0.1, 0.15) is 0 Å². The molecule has 0 heterocycles. The molecule has 1 aromatic carbocycles. The number of rotatable bonds is 4. The molecule has 1 N–H and O–H groups in total. The Hall–Kier alpha value is -2.11. The predicted molar refractivity (Wildman–Crippen MR) is 72.2 cm³/mol. The molecule has 2 rings (SSSR count). The van der Waals surface area contributed by atoms with E-state index in [9.17, 15) is 14.9 Å². The highest BCUT2D eigenvalue weighted by molar-refractivity contribution is 5.88. The van der Waals surface area contributed by atoms with Gasteiger partial charge in [-0.3, -0.25) is 10.1 Å². The molecule has 0 amide bonds. The van der Waals surface area contributed by atoms with Crippen LogP contribution in [0.3, 0.4) is 0 Å². The number of carboxylic acids is 1. The van der Waals surface area contributed by atoms with Gasteiger partial charge in [-0.15, -0.1) is 0 Å². The Kier molecular flexibility index (Phi) is 4.55. The first kappa shape index (κ1) is 14.3. The molecule has 0 unspecified atom stereocenters. The van der Waals surface area contributed by atoms with Crippen molar-refractivity contribution in [1.29, 1.82) is 0 Å². The highest BCUT2D eigenvalue weighted by Gasteiger charge is 2.22. The highest BCUT2D eigenvalue weighted by Crippen LogP contribution is 2.31. The number of nitro benzene ring substituents is 1. The molecule has 6 nitrogen and oxygen atoms in total. The van der Waals surface area contributed by atoms with E-state index < -0.39 is 10.9 Å². The molecule has 6 heteroatoms. The fourth-order valence-electron chi connectivity index (χ4n) is 2.43. The van der Waals surface area contributed by atoms with Crippen LogP contribution in [-0.4, -0.2) is 22.1 Å². The van der Waals surface area contributed by atoms with Crippen molar-refractivity contribution >= 4 is 11.7 Å². The molecule has 0 saturated heterocycles. The van der Waals surface area contributed by atoms with Gasteiger partial charge < -0.3 is 9.84 Å². The van der Waals surface area contributed by atoms with Crippen molar-refractivity contribution in [2.24, 2.45) is 0 Å². The minimum absolute atomic E-state index is 0.0214. The largest absolute Gasteiger partial charge is 0.484 e. The second kappa shape index (κ2) is 6.36. The number of ether oxygens (including phenoxy) is 1. The molecule has 108 valence electrons. The Morgan fingerprint density at radius 1 is 1.25 bits per heavy atom. The molecule has 1 aromatic rings. The smallest absolute Gasteiger partial charge is 0.335 e. The first-order valence-corrected chi connectivity index (χ1v) is 6.76. The van der Waals surface area contributed by atoms with E-state index in [0.717, 1.165) is 31.7 Å². The van der Waals surface area contributed by atoms with Crippen LogP contribution in [0.1, 0.15) is 48.9 Å². The Labute approximate surface area is 116 Å². The number of carbonyl (C=O) groups is 1. The van der Waals surface area contributed by atoms with E-state index in [1.165, 1.54) is 25.0 Å². The van der Waals surface area contributed by atoms with E-state index in [1.807, 2.05) is 0 Å². The van der Waals surface area contributed by atoms with Crippen molar-refractivity contribution in [3.05, 3.63) is 33.9 Å². The average Bonchev–Trinajstić information content (AvgIpc) is 2.67. The zero-order valence-electron chi connectivity index (χ0n) is 11.1. The van der Waals surface area contributed by atoms with Crippen LogP contribution in [0.4, 0.5) is 5.69 Å². The van der Waals surface area contributed by atoms with E-state index in [-0.39, 0.29) is 23.1 Å². The zero-order valence-corrected chi connectivity index (χ0v) is 11.1. The van der Waals surface area contributed by atoms with Gasteiger partial charge in [-0.2, -0.15) is 0 Å². The van der Waals surface area contributed by atoms with Gasteiger partial charge in [0, 0.05) is 6.07 Å². The molecule has 0 radical (unpaired) electrons. The van der Waals surface area contributed by atoms with Crippen LogP contribution in [0.15, 0.2) is 18.2 Å². The van der Waals surface area contributed by atoms with Crippen molar-refractivity contribution in [3.8, 4) is 5.75 Å². The van der Waals surface area contributed by atoms with Crippen molar-refractivity contribution in [3.63, 3.8) is 0 Å². The van der Waals surface area contributed by atoms with Crippen LogP contribution >= 0.6 is 0 Å². The summed E-state index contributed by atoms with van der Waals surface area (Å²) in [5, 5.41) is 19.9. The maximum Gasteiger partial charge on any atom is 0.335 e. The van der Waals surface area contributed by atoms with E-state index in [0.29, 0.717) is 0 Å². The maximum atomic E-state index is 11.0. The molecule has 0 atom stereocenters. The van der Waals surface area contributed by atoms with Gasteiger partial charge in [0.25, 0.3) is 0 Å². The normalized spacial score (nSPS) is 16.4. The molecule has 0 aromatic heterocycles. The van der Waals surface area contributed by atoms with Crippen LogP contribution in [-0.2, 0) is 0 Å². The summed E-state index contributed by atoms with van der Waals surface area (Å²) in [4.78, 5) is 21.3. The predicted octanol–water partition coefficient (Wildman–Crippen LogP) is 3.39. The molecule has 1 aliphatic rings. The van der Waals surface area contributed by atoms with Crippen LogP contribution in [0.2, 0.25) is 0 Å². The molecule has 1 fully saturated rings. The number of hydrogen-bond acceptors (Lipinski definition) is 4. The Morgan fingerprint density at radius 2 is 1.90 bits per heavy atom. The summed E-state index contributed by atoms with van der Waals surface area (Å²) >= 11 is 0. The molecule has 1 saturated carbocycles. The summed E-state index contributed by atoms with van der Waals surface area (Å²) in [6, 6.07) is 3.77. The number of benzene rings is 1. The molecule has 0 spiro atoms. The molecule has 0 bridgehead atoms. The summed E-state index contributed by atoms with van der Waals surface area (Å²) in [6.45, 7) is 0. The van der Waals surface area contributed by atoms with Gasteiger partial charge in [-0.25, -0.2) is 4.79 Å². The summed E-state index contributed by atoms with van der Waals surface area (Å²) < 4.78 is 5.73. The number of carboxylic acid groups (broad SMARTS) is 1. The Balaban J connectivity index is 2.21. The minimum Gasteiger partial charge on any atom is -0.484 e. The zero-order chi connectivity index (χ0) is 14.5. The van der Waals surface area contributed by atoms with Crippen molar-refractivity contribution < 1.29 is 19.6 Å². The number of nitro groups is 1. The fraction of sp³-hybridized carbons (Fsp3) is 0.500. The van der Waals surface area contributed by atoms with Gasteiger partial charge in [-0.05, 0) is 37.8 Å². The quantitative estimate of drug-likeness (QED) is 0.518. The number of hydrogen-bond donors (Lipinski definition) is 1. The minimum atomic E-state index is -1.19. The molecule has 1 aliphatic carbocycles. The molecule has 20 heavy (non-hydrogen) atoms. The third-order valence-corrected chi connectivity index (χ3v) is 3.50. The maximum absolute atomic E-state index is 11.0. The lowest BCUT2D eigenvalue weighted by molar-refractivity contribution is -0.386. The van der Waals surface area contributed by atoms with Gasteiger partial charge in [0.05, 0.1) is 16.6 Å². The van der Waals surface area contributed by atoms with E-state index in [4.69, 9.17) is 9.84 Å². The van der Waals surface area contributed by atoms with Gasteiger partial charge in [0.15, 0.2) is 5.75 Å². The number of nitrogens with zero attached hydrogens (tertiary/aromatic N) is 1. The molecular formula is C14H17NO5. The summed E-state index contributed by atoms with van der Waals surface area (Å²) in [5.74, 6) is -1.03. The van der Waals surface area contributed by atoms with Crippen LogP contribution < -0.4 is 4.74 Å². The van der Waals surface area contributed by atoms with Crippen molar-refractivity contribution in [2.75, 3.05) is 0 Å². The van der Waals surface area contributed by atoms with Gasteiger partial charge >= 0.3 is 11.7 Å². The third-order valence-electron chi connectivity index (χ3n) is 3.50. The third kappa shape index (κ3) is 3.46. The second-order valence-electron chi connectivity index (χ2n) is 4.98. The molecular weight excluding hydrogens is 262 g/mol. The van der Waals surface area contributed by atoms with Crippen molar-refractivity contribution in [2.45, 2.75) is 44.6 Å². The van der Waals surface area contributed by atoms with Crippen LogP contribution in [0.5, 0.6) is 5.75 Å². The first-order chi connectivity index (χ1) is 9.58.